The molecule has 1 unspecified atom stereocenters. The van der Waals surface area contributed by atoms with Gasteiger partial charge in [0.15, 0.2) is 0 Å². The van der Waals surface area contributed by atoms with E-state index >= 15 is 0 Å². The Labute approximate surface area is 149 Å². The van der Waals surface area contributed by atoms with Crippen LogP contribution in [0.3, 0.4) is 0 Å². The Balaban J connectivity index is 1.61. The topological polar surface area (TPSA) is 45.7 Å². The standard InChI is InChI=1S/C20H25N3O2/c1-22(2)19-15-16(10-12-21-19)18-9-6-13-23(18)20(24)11-14-25-17-7-4-3-5-8-17/h3-5,7-8,10,12,15,18H,6,9,11,13-14H2,1-2H3. The number of pyridine rings is 1. The van der Waals surface area contributed by atoms with E-state index in [2.05, 4.69) is 11.1 Å². The van der Waals surface area contributed by atoms with Crippen molar-refractivity contribution in [3.05, 3.63) is 54.2 Å². The number of amides is 1. The van der Waals surface area contributed by atoms with E-state index in [1.54, 1.807) is 0 Å². The third-order valence-electron chi connectivity index (χ3n) is 4.51. The number of nitrogens with zero attached hydrogens (tertiary/aromatic N) is 3. The lowest BCUT2D eigenvalue weighted by Crippen LogP contribution is -2.31. The molecule has 0 N–H and O–H groups in total. The van der Waals surface area contributed by atoms with Gasteiger partial charge in [-0.2, -0.15) is 0 Å². The molecule has 3 rings (SSSR count). The Bertz CT molecular complexity index is 703. The lowest BCUT2D eigenvalue weighted by Gasteiger charge is -2.26. The van der Waals surface area contributed by atoms with Crippen LogP contribution in [0.5, 0.6) is 5.75 Å². The Kier molecular flexibility index (Phi) is 5.53. The van der Waals surface area contributed by atoms with E-state index in [0.29, 0.717) is 13.0 Å². The van der Waals surface area contributed by atoms with Crippen molar-refractivity contribution in [2.45, 2.75) is 25.3 Å². The molecule has 0 bridgehead atoms. The molecule has 5 heteroatoms. The molecule has 1 saturated heterocycles. The van der Waals surface area contributed by atoms with Crippen molar-refractivity contribution in [1.82, 2.24) is 9.88 Å². The molecule has 0 saturated carbocycles. The van der Waals surface area contributed by atoms with E-state index in [1.807, 2.05) is 66.5 Å². The summed E-state index contributed by atoms with van der Waals surface area (Å²) in [5.74, 6) is 1.88. The minimum absolute atomic E-state index is 0.144. The van der Waals surface area contributed by atoms with E-state index in [1.165, 1.54) is 0 Å². The molecule has 1 aromatic heterocycles. The number of hydrogen-bond acceptors (Lipinski definition) is 4. The number of ether oxygens (including phenoxy) is 1. The summed E-state index contributed by atoms with van der Waals surface area (Å²) in [5, 5.41) is 0. The summed E-state index contributed by atoms with van der Waals surface area (Å²) in [4.78, 5) is 21.0. The Morgan fingerprint density at radius 3 is 2.84 bits per heavy atom. The van der Waals surface area contributed by atoms with Crippen molar-refractivity contribution in [1.29, 1.82) is 0 Å². The fourth-order valence-electron chi connectivity index (χ4n) is 3.21. The van der Waals surface area contributed by atoms with Gasteiger partial charge in [-0.15, -0.1) is 0 Å². The van der Waals surface area contributed by atoms with Gasteiger partial charge in [-0.25, -0.2) is 4.98 Å². The van der Waals surface area contributed by atoms with Crippen molar-refractivity contribution < 1.29 is 9.53 Å². The molecular weight excluding hydrogens is 314 g/mol. The Hall–Kier alpha value is -2.56. The van der Waals surface area contributed by atoms with Gasteiger partial charge >= 0.3 is 0 Å². The van der Waals surface area contributed by atoms with E-state index < -0.39 is 0 Å². The number of carbonyl (C=O) groups is 1. The minimum atomic E-state index is 0.144. The molecule has 1 aliphatic rings. The average Bonchev–Trinajstić information content (AvgIpc) is 3.12. The SMILES string of the molecule is CN(C)c1cc(C2CCCN2C(=O)CCOc2ccccc2)ccn1. The van der Waals surface area contributed by atoms with Crippen LogP contribution in [0.25, 0.3) is 0 Å². The maximum absolute atomic E-state index is 12.7. The fraction of sp³-hybridized carbons (Fsp3) is 0.400. The van der Waals surface area contributed by atoms with Gasteiger partial charge < -0.3 is 14.5 Å². The minimum Gasteiger partial charge on any atom is -0.493 e. The first-order valence-corrected chi connectivity index (χ1v) is 8.76. The Morgan fingerprint density at radius 1 is 1.28 bits per heavy atom. The van der Waals surface area contributed by atoms with Crippen molar-refractivity contribution in [2.75, 3.05) is 32.1 Å². The van der Waals surface area contributed by atoms with Crippen LogP contribution in [-0.4, -0.2) is 43.0 Å². The molecule has 0 spiro atoms. The van der Waals surface area contributed by atoms with Crippen molar-refractivity contribution >= 4 is 11.7 Å². The molecule has 25 heavy (non-hydrogen) atoms. The maximum Gasteiger partial charge on any atom is 0.226 e. The van der Waals surface area contributed by atoms with Crippen LogP contribution in [0.1, 0.15) is 30.9 Å². The summed E-state index contributed by atoms with van der Waals surface area (Å²) < 4.78 is 5.66. The second-order valence-corrected chi connectivity index (χ2v) is 6.50. The molecule has 1 fully saturated rings. The number of anilines is 1. The predicted molar refractivity (Wildman–Crippen MR) is 98.8 cm³/mol. The van der Waals surface area contributed by atoms with Gasteiger partial charge in [-0.1, -0.05) is 18.2 Å². The largest absolute Gasteiger partial charge is 0.493 e. The number of benzene rings is 1. The molecule has 132 valence electrons. The van der Waals surface area contributed by atoms with Crippen LogP contribution in [0.2, 0.25) is 0 Å². The summed E-state index contributed by atoms with van der Waals surface area (Å²) in [6.07, 6.45) is 4.26. The van der Waals surface area contributed by atoms with Crippen LogP contribution in [0.4, 0.5) is 5.82 Å². The van der Waals surface area contributed by atoms with Crippen molar-refractivity contribution in [3.8, 4) is 5.75 Å². The molecule has 1 amide bonds. The quantitative estimate of drug-likeness (QED) is 0.810. The zero-order valence-electron chi connectivity index (χ0n) is 14.9. The highest BCUT2D eigenvalue weighted by Crippen LogP contribution is 2.33. The smallest absolute Gasteiger partial charge is 0.226 e. The average molecular weight is 339 g/mol. The van der Waals surface area contributed by atoms with Gasteiger partial charge in [0.05, 0.1) is 19.1 Å². The lowest BCUT2D eigenvalue weighted by molar-refractivity contribution is -0.132. The monoisotopic (exact) mass is 339 g/mol. The first-order valence-electron chi connectivity index (χ1n) is 8.76. The highest BCUT2D eigenvalue weighted by atomic mass is 16.5. The first kappa shape index (κ1) is 17.3. The van der Waals surface area contributed by atoms with Crippen LogP contribution in [0.15, 0.2) is 48.7 Å². The molecule has 1 atom stereocenters. The Morgan fingerprint density at radius 2 is 2.08 bits per heavy atom. The third-order valence-corrected chi connectivity index (χ3v) is 4.51. The normalized spacial score (nSPS) is 16.7. The van der Waals surface area contributed by atoms with Crippen molar-refractivity contribution in [3.63, 3.8) is 0 Å². The highest BCUT2D eigenvalue weighted by Gasteiger charge is 2.30. The summed E-state index contributed by atoms with van der Waals surface area (Å²) >= 11 is 0. The molecule has 1 aromatic carbocycles. The fourth-order valence-corrected chi connectivity index (χ4v) is 3.21. The van der Waals surface area contributed by atoms with Gasteiger partial charge in [0.2, 0.25) is 5.91 Å². The van der Waals surface area contributed by atoms with Gasteiger partial charge in [-0.05, 0) is 42.7 Å². The number of likely N-dealkylation sites (tertiary alicyclic amines) is 1. The maximum atomic E-state index is 12.7. The molecule has 2 aromatic rings. The number of aromatic nitrogens is 1. The van der Waals surface area contributed by atoms with E-state index in [4.69, 9.17) is 4.74 Å². The summed E-state index contributed by atoms with van der Waals surface area (Å²) in [5.41, 5.74) is 1.16. The molecule has 0 radical (unpaired) electrons. The van der Waals surface area contributed by atoms with Crippen LogP contribution in [0, 0.1) is 0 Å². The summed E-state index contributed by atoms with van der Waals surface area (Å²) in [7, 11) is 3.95. The van der Waals surface area contributed by atoms with E-state index in [9.17, 15) is 4.79 Å². The van der Waals surface area contributed by atoms with E-state index in [-0.39, 0.29) is 11.9 Å². The third kappa shape index (κ3) is 4.29. The van der Waals surface area contributed by atoms with Gasteiger partial charge in [-0.3, -0.25) is 4.79 Å². The second-order valence-electron chi connectivity index (χ2n) is 6.50. The number of para-hydroxylation sites is 1. The predicted octanol–water partition coefficient (Wildman–Crippen LogP) is 3.28. The zero-order valence-corrected chi connectivity index (χ0v) is 14.9. The lowest BCUT2D eigenvalue weighted by atomic mass is 10.1. The molecule has 0 aliphatic carbocycles. The molecule has 2 heterocycles. The summed E-state index contributed by atoms with van der Waals surface area (Å²) in [6, 6.07) is 13.9. The van der Waals surface area contributed by atoms with Gasteiger partial charge in [0.25, 0.3) is 0 Å². The van der Waals surface area contributed by atoms with E-state index in [0.717, 1.165) is 36.5 Å². The van der Waals surface area contributed by atoms with Crippen LogP contribution >= 0.6 is 0 Å². The van der Waals surface area contributed by atoms with Gasteiger partial charge in [0.1, 0.15) is 11.6 Å². The number of rotatable bonds is 6. The van der Waals surface area contributed by atoms with Crippen LogP contribution < -0.4 is 9.64 Å². The number of hydrogen-bond donors (Lipinski definition) is 0. The molecular formula is C20H25N3O2. The molecule has 5 nitrogen and oxygen atoms in total. The van der Waals surface area contributed by atoms with Crippen LogP contribution in [-0.2, 0) is 4.79 Å². The highest BCUT2D eigenvalue weighted by molar-refractivity contribution is 5.77. The molecule has 1 aliphatic heterocycles. The zero-order chi connectivity index (χ0) is 17.6. The van der Waals surface area contributed by atoms with Crippen molar-refractivity contribution in [2.24, 2.45) is 0 Å². The van der Waals surface area contributed by atoms with Gasteiger partial charge in [0, 0.05) is 26.8 Å². The second kappa shape index (κ2) is 8.01. The number of carbonyl (C=O) groups excluding carboxylic acids is 1. The first-order chi connectivity index (χ1) is 12.1. The summed E-state index contributed by atoms with van der Waals surface area (Å²) in [6.45, 7) is 1.22.